The predicted molar refractivity (Wildman–Crippen MR) is 104 cm³/mol. The number of imide groups is 1. The normalized spacial score (nSPS) is 15.5. The van der Waals surface area contributed by atoms with E-state index < -0.39 is 29.4 Å². The standard InChI is InChI=1S/C19H14ClFN2O3S/c1-11-5-7-12(8-6-11)22-17(24)10-23-18(25)16(27-19(23)26)9-13-14(20)3-2-4-15(13)21/h2-9H,10H2,1H3,(H,22,24)/b16-9-. The Morgan fingerprint density at radius 1 is 1.22 bits per heavy atom. The molecular formula is C19H14ClFN2O3S. The molecular weight excluding hydrogens is 391 g/mol. The van der Waals surface area contributed by atoms with Crippen molar-refractivity contribution in [1.29, 1.82) is 0 Å². The molecule has 1 saturated heterocycles. The van der Waals surface area contributed by atoms with Crippen LogP contribution < -0.4 is 5.32 Å². The first-order valence-electron chi connectivity index (χ1n) is 7.91. The summed E-state index contributed by atoms with van der Waals surface area (Å²) < 4.78 is 13.9. The number of carbonyl (C=O) groups excluding carboxylic acids is 3. The van der Waals surface area contributed by atoms with Crippen LogP contribution in [0.2, 0.25) is 5.02 Å². The summed E-state index contributed by atoms with van der Waals surface area (Å²) >= 11 is 6.58. The van der Waals surface area contributed by atoms with Crippen LogP contribution in [0.3, 0.4) is 0 Å². The van der Waals surface area contributed by atoms with E-state index in [0.717, 1.165) is 10.5 Å². The van der Waals surface area contributed by atoms with Crippen molar-refractivity contribution in [1.82, 2.24) is 4.90 Å². The fraction of sp³-hybridized carbons (Fsp3) is 0.105. The number of hydrogen-bond acceptors (Lipinski definition) is 4. The summed E-state index contributed by atoms with van der Waals surface area (Å²) in [5, 5.41) is 2.15. The highest BCUT2D eigenvalue weighted by molar-refractivity contribution is 8.18. The van der Waals surface area contributed by atoms with E-state index in [9.17, 15) is 18.8 Å². The SMILES string of the molecule is Cc1ccc(NC(=O)CN2C(=O)S/C(=C\c3c(F)cccc3Cl)C2=O)cc1. The molecule has 2 aromatic rings. The fourth-order valence-corrected chi connectivity index (χ4v) is 3.43. The van der Waals surface area contributed by atoms with Gasteiger partial charge in [0.1, 0.15) is 12.4 Å². The quantitative estimate of drug-likeness (QED) is 0.764. The van der Waals surface area contributed by atoms with Crippen LogP contribution in [0, 0.1) is 12.7 Å². The first-order chi connectivity index (χ1) is 12.8. The molecule has 0 aromatic heterocycles. The number of nitrogens with zero attached hydrogens (tertiary/aromatic N) is 1. The number of amides is 3. The molecule has 138 valence electrons. The van der Waals surface area contributed by atoms with E-state index in [1.54, 1.807) is 12.1 Å². The lowest BCUT2D eigenvalue weighted by atomic mass is 10.2. The Bertz CT molecular complexity index is 940. The lowest BCUT2D eigenvalue weighted by Gasteiger charge is -2.12. The predicted octanol–water partition coefficient (Wildman–Crippen LogP) is 4.46. The van der Waals surface area contributed by atoms with Gasteiger partial charge in [-0.3, -0.25) is 19.3 Å². The average Bonchev–Trinajstić information content (AvgIpc) is 2.88. The molecule has 3 rings (SSSR count). The highest BCUT2D eigenvalue weighted by Gasteiger charge is 2.36. The molecule has 0 radical (unpaired) electrons. The van der Waals surface area contributed by atoms with E-state index in [2.05, 4.69) is 5.32 Å². The first kappa shape index (κ1) is 19.1. The molecule has 2 aromatic carbocycles. The Labute approximate surface area is 164 Å². The van der Waals surface area contributed by atoms with E-state index in [0.29, 0.717) is 17.4 Å². The second-order valence-corrected chi connectivity index (χ2v) is 7.22. The molecule has 27 heavy (non-hydrogen) atoms. The third-order valence-corrected chi connectivity index (χ3v) is 5.02. The number of anilines is 1. The molecule has 8 heteroatoms. The number of carbonyl (C=O) groups is 3. The van der Waals surface area contributed by atoms with E-state index in [1.807, 2.05) is 19.1 Å². The molecule has 1 aliphatic rings. The number of hydrogen-bond donors (Lipinski definition) is 1. The van der Waals surface area contributed by atoms with Crippen molar-refractivity contribution in [2.24, 2.45) is 0 Å². The number of thioether (sulfide) groups is 1. The summed E-state index contributed by atoms with van der Waals surface area (Å²) in [7, 11) is 0. The van der Waals surface area contributed by atoms with E-state index in [1.165, 1.54) is 24.3 Å². The highest BCUT2D eigenvalue weighted by atomic mass is 35.5. The molecule has 1 aliphatic heterocycles. The molecule has 0 unspecified atom stereocenters. The van der Waals surface area contributed by atoms with Crippen molar-refractivity contribution in [2.75, 3.05) is 11.9 Å². The zero-order valence-electron chi connectivity index (χ0n) is 14.2. The van der Waals surface area contributed by atoms with Crippen LogP contribution in [0.5, 0.6) is 0 Å². The van der Waals surface area contributed by atoms with Crippen molar-refractivity contribution in [3.05, 3.63) is 69.3 Å². The topological polar surface area (TPSA) is 66.5 Å². The molecule has 1 N–H and O–H groups in total. The maximum Gasteiger partial charge on any atom is 0.294 e. The van der Waals surface area contributed by atoms with Gasteiger partial charge in [-0.05, 0) is 49.0 Å². The van der Waals surface area contributed by atoms with Gasteiger partial charge in [-0.2, -0.15) is 0 Å². The monoisotopic (exact) mass is 404 g/mol. The van der Waals surface area contributed by atoms with Crippen LogP contribution in [-0.2, 0) is 9.59 Å². The maximum atomic E-state index is 13.9. The Kier molecular flexibility index (Phi) is 5.62. The Morgan fingerprint density at radius 2 is 1.93 bits per heavy atom. The Balaban J connectivity index is 1.73. The van der Waals surface area contributed by atoms with Crippen LogP contribution >= 0.6 is 23.4 Å². The molecule has 0 aliphatic carbocycles. The van der Waals surface area contributed by atoms with Gasteiger partial charge in [0.15, 0.2) is 0 Å². The van der Waals surface area contributed by atoms with Crippen molar-refractivity contribution < 1.29 is 18.8 Å². The molecule has 0 spiro atoms. The van der Waals surface area contributed by atoms with Crippen molar-refractivity contribution in [3.8, 4) is 0 Å². The lowest BCUT2D eigenvalue weighted by molar-refractivity contribution is -0.127. The molecule has 1 fully saturated rings. The molecule has 0 bridgehead atoms. The van der Waals surface area contributed by atoms with Gasteiger partial charge in [0.25, 0.3) is 11.1 Å². The van der Waals surface area contributed by atoms with Crippen molar-refractivity contribution >= 4 is 52.2 Å². The van der Waals surface area contributed by atoms with Gasteiger partial charge in [0, 0.05) is 11.3 Å². The Morgan fingerprint density at radius 3 is 2.59 bits per heavy atom. The Hall–Kier alpha value is -2.64. The highest BCUT2D eigenvalue weighted by Crippen LogP contribution is 2.34. The minimum absolute atomic E-state index is 0.00939. The van der Waals surface area contributed by atoms with Gasteiger partial charge in [-0.25, -0.2) is 4.39 Å². The minimum atomic E-state index is -0.664. The van der Waals surface area contributed by atoms with Gasteiger partial charge in [-0.1, -0.05) is 35.4 Å². The minimum Gasteiger partial charge on any atom is -0.325 e. The summed E-state index contributed by atoms with van der Waals surface area (Å²) in [4.78, 5) is 37.5. The first-order valence-corrected chi connectivity index (χ1v) is 9.10. The number of rotatable bonds is 4. The zero-order chi connectivity index (χ0) is 19.6. The van der Waals surface area contributed by atoms with Crippen molar-refractivity contribution in [3.63, 3.8) is 0 Å². The molecule has 0 atom stereocenters. The molecule has 0 saturated carbocycles. The number of halogens is 2. The van der Waals surface area contributed by atoms with E-state index in [-0.39, 0.29) is 15.5 Å². The van der Waals surface area contributed by atoms with Gasteiger partial charge in [-0.15, -0.1) is 0 Å². The second-order valence-electron chi connectivity index (χ2n) is 5.82. The smallest absolute Gasteiger partial charge is 0.294 e. The van der Waals surface area contributed by atoms with E-state index in [4.69, 9.17) is 11.6 Å². The summed E-state index contributed by atoms with van der Waals surface area (Å²) in [5.74, 6) is -1.78. The summed E-state index contributed by atoms with van der Waals surface area (Å²) in [6, 6.07) is 11.2. The third-order valence-electron chi connectivity index (χ3n) is 3.79. The lowest BCUT2D eigenvalue weighted by Crippen LogP contribution is -2.36. The second kappa shape index (κ2) is 7.94. The number of nitrogens with one attached hydrogen (secondary N) is 1. The summed E-state index contributed by atoms with van der Waals surface area (Å²) in [6.07, 6.45) is 1.22. The number of benzene rings is 2. The summed E-state index contributed by atoms with van der Waals surface area (Å²) in [6.45, 7) is 1.49. The summed E-state index contributed by atoms with van der Waals surface area (Å²) in [5.41, 5.74) is 1.62. The van der Waals surface area contributed by atoms with Crippen LogP contribution in [-0.4, -0.2) is 28.5 Å². The van der Waals surface area contributed by atoms with Crippen LogP contribution in [0.4, 0.5) is 14.9 Å². The number of aryl methyl sites for hydroxylation is 1. The van der Waals surface area contributed by atoms with Gasteiger partial charge >= 0.3 is 0 Å². The largest absolute Gasteiger partial charge is 0.325 e. The van der Waals surface area contributed by atoms with Crippen LogP contribution in [0.25, 0.3) is 6.08 Å². The molecule has 3 amide bonds. The van der Waals surface area contributed by atoms with Crippen LogP contribution in [0.1, 0.15) is 11.1 Å². The van der Waals surface area contributed by atoms with Crippen LogP contribution in [0.15, 0.2) is 47.4 Å². The van der Waals surface area contributed by atoms with Gasteiger partial charge in [0.05, 0.1) is 9.93 Å². The zero-order valence-corrected chi connectivity index (χ0v) is 15.7. The van der Waals surface area contributed by atoms with Gasteiger partial charge < -0.3 is 5.32 Å². The van der Waals surface area contributed by atoms with Gasteiger partial charge in [0.2, 0.25) is 5.91 Å². The van der Waals surface area contributed by atoms with Crippen molar-refractivity contribution in [2.45, 2.75) is 6.92 Å². The molecule has 1 heterocycles. The average molecular weight is 405 g/mol. The van der Waals surface area contributed by atoms with E-state index >= 15 is 0 Å². The third kappa shape index (κ3) is 4.37. The maximum absolute atomic E-state index is 13.9. The molecule has 5 nitrogen and oxygen atoms in total. The fourth-order valence-electron chi connectivity index (χ4n) is 2.40.